The van der Waals surface area contributed by atoms with Gasteiger partial charge in [0.1, 0.15) is 5.75 Å². The molecule has 2 aromatic rings. The molecule has 2 aromatic carbocycles. The largest absolute Gasteiger partial charge is 0.492 e. The van der Waals surface area contributed by atoms with E-state index in [1.54, 1.807) is 6.92 Å². The Kier molecular flexibility index (Phi) is 5.71. The topological polar surface area (TPSA) is 81.5 Å². The first kappa shape index (κ1) is 19.5. The van der Waals surface area contributed by atoms with Crippen molar-refractivity contribution in [2.24, 2.45) is 0 Å². The predicted octanol–water partition coefficient (Wildman–Crippen LogP) is 4.92. The number of nitrogens with one attached hydrogen (secondary N) is 1. The van der Waals surface area contributed by atoms with Crippen LogP contribution in [-0.2, 0) is 6.18 Å². The number of halogens is 4. The SMILES string of the molecule is CCOc1ccc(C(F)(F)F)cc1NC(=O)c1cc([N+](=O)[O-])ccc1Cl. The normalized spacial score (nSPS) is 11.1. The van der Waals surface area contributed by atoms with E-state index in [0.29, 0.717) is 6.07 Å². The summed E-state index contributed by atoms with van der Waals surface area (Å²) < 4.78 is 43.9. The second-order valence-corrected chi connectivity index (χ2v) is 5.42. The molecule has 0 bridgehead atoms. The van der Waals surface area contributed by atoms with Crippen LogP contribution in [0.2, 0.25) is 5.02 Å². The zero-order valence-corrected chi connectivity index (χ0v) is 14.0. The molecule has 1 N–H and O–H groups in total. The van der Waals surface area contributed by atoms with Crippen LogP contribution in [-0.4, -0.2) is 17.4 Å². The van der Waals surface area contributed by atoms with Crippen molar-refractivity contribution in [1.82, 2.24) is 0 Å². The number of amides is 1. The van der Waals surface area contributed by atoms with Crippen LogP contribution in [0.3, 0.4) is 0 Å². The molecular formula is C16H12ClF3N2O4. The highest BCUT2D eigenvalue weighted by molar-refractivity contribution is 6.34. The van der Waals surface area contributed by atoms with Gasteiger partial charge in [0, 0.05) is 12.1 Å². The van der Waals surface area contributed by atoms with E-state index < -0.39 is 22.6 Å². The molecule has 26 heavy (non-hydrogen) atoms. The average molecular weight is 389 g/mol. The van der Waals surface area contributed by atoms with Gasteiger partial charge in [0.25, 0.3) is 11.6 Å². The van der Waals surface area contributed by atoms with E-state index in [4.69, 9.17) is 16.3 Å². The average Bonchev–Trinajstić information content (AvgIpc) is 2.55. The number of anilines is 1. The van der Waals surface area contributed by atoms with Gasteiger partial charge >= 0.3 is 6.18 Å². The number of non-ortho nitro benzene ring substituents is 1. The first-order valence-electron chi connectivity index (χ1n) is 7.22. The van der Waals surface area contributed by atoms with E-state index in [9.17, 15) is 28.1 Å². The summed E-state index contributed by atoms with van der Waals surface area (Å²) in [6.45, 7) is 1.78. The monoisotopic (exact) mass is 388 g/mol. The van der Waals surface area contributed by atoms with Crippen LogP contribution in [0.25, 0.3) is 0 Å². The molecule has 2 rings (SSSR count). The summed E-state index contributed by atoms with van der Waals surface area (Å²) in [4.78, 5) is 22.5. The Balaban J connectivity index is 2.42. The van der Waals surface area contributed by atoms with Gasteiger partial charge in [-0.2, -0.15) is 13.2 Å². The fourth-order valence-corrected chi connectivity index (χ4v) is 2.28. The Morgan fingerprint density at radius 3 is 2.54 bits per heavy atom. The van der Waals surface area contributed by atoms with Crippen LogP contribution < -0.4 is 10.1 Å². The highest BCUT2D eigenvalue weighted by Crippen LogP contribution is 2.35. The Morgan fingerprint density at radius 2 is 1.96 bits per heavy atom. The van der Waals surface area contributed by atoms with E-state index in [2.05, 4.69) is 5.32 Å². The van der Waals surface area contributed by atoms with Crippen LogP contribution >= 0.6 is 11.6 Å². The van der Waals surface area contributed by atoms with Gasteiger partial charge in [-0.15, -0.1) is 0 Å². The number of hydrogen-bond donors (Lipinski definition) is 1. The summed E-state index contributed by atoms with van der Waals surface area (Å²) in [6, 6.07) is 5.82. The predicted molar refractivity (Wildman–Crippen MR) is 88.7 cm³/mol. The lowest BCUT2D eigenvalue weighted by molar-refractivity contribution is -0.384. The number of nitrogens with zero attached hydrogens (tertiary/aromatic N) is 1. The van der Waals surface area contributed by atoms with Crippen LogP contribution in [0, 0.1) is 10.1 Å². The van der Waals surface area contributed by atoms with Crippen molar-refractivity contribution in [3.63, 3.8) is 0 Å². The van der Waals surface area contributed by atoms with E-state index in [-0.39, 0.29) is 34.3 Å². The summed E-state index contributed by atoms with van der Waals surface area (Å²) >= 11 is 5.87. The van der Waals surface area contributed by atoms with Crippen molar-refractivity contribution in [3.8, 4) is 5.75 Å². The van der Waals surface area contributed by atoms with Gasteiger partial charge in [-0.05, 0) is 31.2 Å². The number of nitro groups is 1. The van der Waals surface area contributed by atoms with Crippen LogP contribution in [0.4, 0.5) is 24.5 Å². The minimum Gasteiger partial charge on any atom is -0.492 e. The van der Waals surface area contributed by atoms with E-state index in [1.807, 2.05) is 0 Å². The zero-order chi connectivity index (χ0) is 19.5. The number of carbonyl (C=O) groups excluding carboxylic acids is 1. The number of rotatable bonds is 5. The lowest BCUT2D eigenvalue weighted by Crippen LogP contribution is -2.15. The Labute approximate surface area is 150 Å². The molecule has 0 aliphatic heterocycles. The fraction of sp³-hybridized carbons (Fsp3) is 0.188. The van der Waals surface area contributed by atoms with Gasteiger partial charge in [-0.1, -0.05) is 11.6 Å². The van der Waals surface area contributed by atoms with Gasteiger partial charge in [0.2, 0.25) is 0 Å². The highest BCUT2D eigenvalue weighted by atomic mass is 35.5. The summed E-state index contributed by atoms with van der Waals surface area (Å²) in [5.41, 5.74) is -1.84. The van der Waals surface area contributed by atoms with Gasteiger partial charge in [-0.25, -0.2) is 0 Å². The number of ether oxygens (including phenoxy) is 1. The standard InChI is InChI=1S/C16H12ClF3N2O4/c1-2-26-14-6-3-9(16(18,19)20)7-13(14)21-15(23)11-8-10(22(24)25)4-5-12(11)17/h3-8H,2H2,1H3,(H,21,23). The molecule has 6 nitrogen and oxygen atoms in total. The van der Waals surface area contributed by atoms with Crippen molar-refractivity contribution in [1.29, 1.82) is 0 Å². The molecule has 0 saturated carbocycles. The zero-order valence-electron chi connectivity index (χ0n) is 13.3. The van der Waals surface area contributed by atoms with Crippen molar-refractivity contribution >= 4 is 28.9 Å². The molecule has 10 heteroatoms. The lowest BCUT2D eigenvalue weighted by atomic mass is 10.1. The Hall–Kier alpha value is -2.81. The highest BCUT2D eigenvalue weighted by Gasteiger charge is 2.31. The third-order valence-electron chi connectivity index (χ3n) is 3.26. The van der Waals surface area contributed by atoms with E-state index >= 15 is 0 Å². The van der Waals surface area contributed by atoms with Gasteiger partial charge < -0.3 is 10.1 Å². The van der Waals surface area contributed by atoms with Crippen molar-refractivity contribution < 1.29 is 27.6 Å². The molecule has 0 aliphatic carbocycles. The first-order chi connectivity index (χ1) is 12.1. The molecule has 0 heterocycles. The number of benzene rings is 2. The number of carbonyl (C=O) groups is 1. The number of nitro benzene ring substituents is 1. The van der Waals surface area contributed by atoms with Crippen molar-refractivity contribution in [2.75, 3.05) is 11.9 Å². The van der Waals surface area contributed by atoms with Crippen molar-refractivity contribution in [3.05, 3.63) is 62.7 Å². The Bertz CT molecular complexity index is 856. The molecule has 0 aliphatic rings. The molecule has 1 amide bonds. The molecule has 138 valence electrons. The number of alkyl halides is 3. The smallest absolute Gasteiger partial charge is 0.416 e. The van der Waals surface area contributed by atoms with E-state index in [0.717, 1.165) is 30.3 Å². The Morgan fingerprint density at radius 1 is 1.27 bits per heavy atom. The molecular weight excluding hydrogens is 377 g/mol. The number of hydrogen-bond acceptors (Lipinski definition) is 4. The fourth-order valence-electron chi connectivity index (χ4n) is 2.08. The lowest BCUT2D eigenvalue weighted by Gasteiger charge is -2.15. The minimum absolute atomic E-state index is 0.0235. The van der Waals surface area contributed by atoms with Crippen LogP contribution in [0.5, 0.6) is 5.75 Å². The van der Waals surface area contributed by atoms with Crippen LogP contribution in [0.1, 0.15) is 22.8 Å². The van der Waals surface area contributed by atoms with Crippen LogP contribution in [0.15, 0.2) is 36.4 Å². The minimum atomic E-state index is -4.62. The third-order valence-corrected chi connectivity index (χ3v) is 3.59. The molecule has 0 radical (unpaired) electrons. The van der Waals surface area contributed by atoms with Gasteiger partial charge in [0.15, 0.2) is 0 Å². The maximum Gasteiger partial charge on any atom is 0.416 e. The summed E-state index contributed by atoms with van der Waals surface area (Å²) in [5.74, 6) is -0.880. The maximum atomic E-state index is 12.9. The third kappa shape index (κ3) is 4.42. The molecule has 0 spiro atoms. The first-order valence-corrected chi connectivity index (χ1v) is 7.60. The van der Waals surface area contributed by atoms with Gasteiger partial charge in [0.05, 0.1) is 33.4 Å². The molecule has 0 atom stereocenters. The molecule has 0 fully saturated rings. The molecule has 0 saturated heterocycles. The second-order valence-electron chi connectivity index (χ2n) is 5.02. The summed E-state index contributed by atoms with van der Waals surface area (Å²) in [6.07, 6.45) is -4.62. The molecule has 0 aromatic heterocycles. The van der Waals surface area contributed by atoms with Gasteiger partial charge in [-0.3, -0.25) is 14.9 Å². The maximum absolute atomic E-state index is 12.9. The second kappa shape index (κ2) is 7.61. The summed E-state index contributed by atoms with van der Waals surface area (Å²) in [7, 11) is 0. The molecule has 0 unspecified atom stereocenters. The van der Waals surface area contributed by atoms with Crippen molar-refractivity contribution in [2.45, 2.75) is 13.1 Å². The van der Waals surface area contributed by atoms with E-state index in [1.165, 1.54) is 0 Å². The quantitative estimate of drug-likeness (QED) is 0.582. The summed E-state index contributed by atoms with van der Waals surface area (Å²) in [5, 5.41) is 13.0.